The van der Waals surface area contributed by atoms with Crippen molar-refractivity contribution in [2.24, 2.45) is 0 Å². The number of nitrogens with one attached hydrogen (secondary N) is 1. The van der Waals surface area contributed by atoms with Gasteiger partial charge in [-0.1, -0.05) is 74.5 Å². The summed E-state index contributed by atoms with van der Waals surface area (Å²) in [5, 5.41) is 34.5. The molecule has 0 aliphatic carbocycles. The fraction of sp³-hybridized carbons (Fsp3) is 0.250. The summed E-state index contributed by atoms with van der Waals surface area (Å²) in [6.07, 6.45) is -2.67. The number of hydrogen-bond acceptors (Lipinski definition) is 8. The molecule has 5 rings (SSSR count). The fourth-order valence-electron chi connectivity index (χ4n) is 6.19. The van der Waals surface area contributed by atoms with E-state index in [9.17, 15) is 34.3 Å². The number of halogens is 1. The standard InChI is InChI=1S/C40H40FN3O8/c1-26(2)38-37(40(48)42-31-13-7-4-8-14-31)36(28-11-5-3-6-12-28)39(29-16-18-30(41)19-17-29)43(38)21-20-32(45)23-33(46)24-35(47)52-34-15-9-10-27(22-34)25-51-44(49)50/h3-19,22,26,32-33,45-46H,20-21,23-25H2,1-2H3,(H,42,48)/t32-,33-/m1/s1. The van der Waals surface area contributed by atoms with Crippen LogP contribution in [0.2, 0.25) is 0 Å². The number of aromatic nitrogens is 1. The Morgan fingerprint density at radius 1 is 0.885 bits per heavy atom. The predicted octanol–water partition coefficient (Wildman–Crippen LogP) is 7.54. The van der Waals surface area contributed by atoms with Gasteiger partial charge in [-0.25, -0.2) is 4.39 Å². The zero-order valence-electron chi connectivity index (χ0n) is 28.8. The molecular formula is C40H40FN3O8. The lowest BCUT2D eigenvalue weighted by Crippen LogP contribution is -2.24. The third-order valence-electron chi connectivity index (χ3n) is 8.39. The number of para-hydroxylation sites is 1. The van der Waals surface area contributed by atoms with E-state index in [2.05, 4.69) is 10.2 Å². The minimum atomic E-state index is -1.23. The van der Waals surface area contributed by atoms with Gasteiger partial charge in [-0.05, 0) is 84.0 Å². The van der Waals surface area contributed by atoms with E-state index in [1.165, 1.54) is 24.3 Å². The van der Waals surface area contributed by atoms with Gasteiger partial charge in [0.2, 0.25) is 0 Å². The fourth-order valence-corrected chi connectivity index (χ4v) is 6.19. The Hall–Kier alpha value is -5.85. The molecule has 0 unspecified atom stereocenters. The van der Waals surface area contributed by atoms with Gasteiger partial charge in [0.25, 0.3) is 11.0 Å². The topological polar surface area (TPSA) is 153 Å². The number of carbonyl (C=O) groups excluding carboxylic acids is 2. The molecule has 4 aromatic carbocycles. The highest BCUT2D eigenvalue weighted by molar-refractivity contribution is 6.12. The van der Waals surface area contributed by atoms with Crippen molar-refractivity contribution < 1.29 is 38.9 Å². The van der Waals surface area contributed by atoms with Crippen molar-refractivity contribution >= 4 is 17.6 Å². The second-order valence-corrected chi connectivity index (χ2v) is 12.6. The number of anilines is 1. The van der Waals surface area contributed by atoms with E-state index >= 15 is 0 Å². The van der Waals surface area contributed by atoms with Gasteiger partial charge in [-0.15, -0.1) is 10.1 Å². The maximum absolute atomic E-state index is 14.2. The van der Waals surface area contributed by atoms with Crippen molar-refractivity contribution in [3.05, 3.63) is 142 Å². The SMILES string of the molecule is CC(C)c1c(C(=O)Nc2ccccc2)c(-c2ccccc2)c(-c2ccc(F)cc2)n1CC[C@@H](O)C[C@@H](O)CC(=O)Oc1cccc(CO[N+](=O)[O-])c1. The van der Waals surface area contributed by atoms with Crippen molar-refractivity contribution in [3.8, 4) is 28.1 Å². The molecule has 12 heteroatoms. The van der Waals surface area contributed by atoms with Gasteiger partial charge in [-0.2, -0.15) is 0 Å². The summed E-state index contributed by atoms with van der Waals surface area (Å²) >= 11 is 0. The number of carbonyl (C=O) groups is 2. The number of benzene rings is 4. The molecule has 0 saturated heterocycles. The van der Waals surface area contributed by atoms with Gasteiger partial charge in [0, 0.05) is 23.5 Å². The van der Waals surface area contributed by atoms with Gasteiger partial charge in [-0.3, -0.25) is 9.59 Å². The normalized spacial score (nSPS) is 12.3. The lowest BCUT2D eigenvalue weighted by molar-refractivity contribution is -0.763. The Morgan fingerprint density at radius 2 is 1.56 bits per heavy atom. The van der Waals surface area contributed by atoms with Crippen molar-refractivity contribution in [1.82, 2.24) is 4.57 Å². The van der Waals surface area contributed by atoms with Crippen molar-refractivity contribution in [3.63, 3.8) is 0 Å². The van der Waals surface area contributed by atoms with Crippen LogP contribution in [-0.2, 0) is 22.8 Å². The maximum Gasteiger partial charge on any atom is 0.313 e. The summed E-state index contributed by atoms with van der Waals surface area (Å²) in [6, 6.07) is 30.7. The lowest BCUT2D eigenvalue weighted by Gasteiger charge is -2.20. The van der Waals surface area contributed by atoms with Crippen LogP contribution in [0.4, 0.5) is 10.1 Å². The zero-order valence-corrected chi connectivity index (χ0v) is 28.8. The summed E-state index contributed by atoms with van der Waals surface area (Å²) in [7, 11) is 0. The lowest BCUT2D eigenvalue weighted by atomic mass is 9.94. The molecule has 270 valence electrons. The minimum Gasteiger partial charge on any atom is -0.426 e. The van der Waals surface area contributed by atoms with Gasteiger partial charge < -0.3 is 29.7 Å². The zero-order chi connectivity index (χ0) is 37.2. The number of esters is 1. The van der Waals surface area contributed by atoms with E-state index in [0.29, 0.717) is 39.3 Å². The van der Waals surface area contributed by atoms with Crippen molar-refractivity contribution in [2.75, 3.05) is 5.32 Å². The smallest absolute Gasteiger partial charge is 0.313 e. The minimum absolute atomic E-state index is 0.130. The number of aliphatic hydroxyl groups is 2. The highest BCUT2D eigenvalue weighted by Gasteiger charge is 2.31. The summed E-state index contributed by atoms with van der Waals surface area (Å²) in [4.78, 5) is 41.7. The van der Waals surface area contributed by atoms with Crippen LogP contribution in [0, 0.1) is 15.9 Å². The van der Waals surface area contributed by atoms with Crippen LogP contribution in [0.5, 0.6) is 5.75 Å². The third-order valence-corrected chi connectivity index (χ3v) is 8.39. The summed E-state index contributed by atoms with van der Waals surface area (Å²) < 4.78 is 21.5. The van der Waals surface area contributed by atoms with Crippen LogP contribution in [-0.4, -0.2) is 44.0 Å². The van der Waals surface area contributed by atoms with Crippen LogP contribution in [0.1, 0.15) is 60.6 Å². The summed E-state index contributed by atoms with van der Waals surface area (Å²) in [6.45, 7) is 3.87. The van der Waals surface area contributed by atoms with E-state index in [4.69, 9.17) is 4.74 Å². The Kier molecular flexibility index (Phi) is 12.5. The quantitative estimate of drug-likeness (QED) is 0.0411. The average Bonchev–Trinajstić information content (AvgIpc) is 3.46. The first-order valence-corrected chi connectivity index (χ1v) is 16.9. The largest absolute Gasteiger partial charge is 0.426 e. The first-order valence-electron chi connectivity index (χ1n) is 16.9. The summed E-state index contributed by atoms with van der Waals surface area (Å²) in [5.41, 5.74) is 5.00. The molecule has 3 N–H and O–H groups in total. The monoisotopic (exact) mass is 709 g/mol. The molecule has 0 saturated carbocycles. The Morgan fingerprint density at radius 3 is 2.21 bits per heavy atom. The number of rotatable bonds is 16. The van der Waals surface area contributed by atoms with E-state index in [1.807, 2.05) is 66.9 Å². The Labute approximate surface area is 300 Å². The molecule has 1 aromatic heterocycles. The highest BCUT2D eigenvalue weighted by Crippen LogP contribution is 2.42. The molecule has 1 heterocycles. The highest BCUT2D eigenvalue weighted by atomic mass is 19.1. The molecule has 0 aliphatic heterocycles. The van der Waals surface area contributed by atoms with E-state index < -0.39 is 35.5 Å². The molecule has 0 spiro atoms. The van der Waals surface area contributed by atoms with E-state index in [1.54, 1.807) is 36.4 Å². The number of amides is 1. The molecule has 2 atom stereocenters. The average molecular weight is 710 g/mol. The second-order valence-electron chi connectivity index (χ2n) is 12.6. The van der Waals surface area contributed by atoms with Gasteiger partial charge in [0.15, 0.2) is 0 Å². The van der Waals surface area contributed by atoms with Crippen molar-refractivity contribution in [2.45, 2.75) is 64.4 Å². The first-order chi connectivity index (χ1) is 25.0. The maximum atomic E-state index is 14.2. The number of aliphatic hydroxyl groups excluding tert-OH is 2. The molecule has 0 fully saturated rings. The first kappa shape index (κ1) is 37.4. The van der Waals surface area contributed by atoms with Crippen LogP contribution >= 0.6 is 0 Å². The van der Waals surface area contributed by atoms with Gasteiger partial charge in [0.1, 0.15) is 18.2 Å². The molecule has 11 nitrogen and oxygen atoms in total. The number of nitrogens with zero attached hydrogens (tertiary/aromatic N) is 2. The third kappa shape index (κ3) is 9.68. The predicted molar refractivity (Wildman–Crippen MR) is 193 cm³/mol. The molecule has 0 bridgehead atoms. The van der Waals surface area contributed by atoms with E-state index in [0.717, 1.165) is 5.56 Å². The van der Waals surface area contributed by atoms with Crippen LogP contribution in [0.25, 0.3) is 22.4 Å². The Bertz CT molecular complexity index is 1980. The van der Waals surface area contributed by atoms with E-state index in [-0.39, 0.29) is 43.6 Å². The van der Waals surface area contributed by atoms with Crippen LogP contribution in [0.15, 0.2) is 109 Å². The molecule has 1 amide bonds. The second kappa shape index (κ2) is 17.4. The van der Waals surface area contributed by atoms with Crippen molar-refractivity contribution in [1.29, 1.82) is 0 Å². The molecular weight excluding hydrogens is 669 g/mol. The van der Waals surface area contributed by atoms with Gasteiger partial charge in [0.05, 0.1) is 29.9 Å². The van der Waals surface area contributed by atoms with Gasteiger partial charge >= 0.3 is 5.97 Å². The number of hydrogen-bond donors (Lipinski definition) is 3. The van der Waals surface area contributed by atoms with Crippen LogP contribution in [0.3, 0.4) is 0 Å². The molecule has 52 heavy (non-hydrogen) atoms. The summed E-state index contributed by atoms with van der Waals surface area (Å²) in [5.74, 6) is -1.50. The number of ether oxygens (including phenoxy) is 1. The van der Waals surface area contributed by atoms with Crippen LogP contribution < -0.4 is 10.1 Å². The molecule has 0 aliphatic rings. The molecule has 5 aromatic rings. The Balaban J connectivity index is 1.41. The molecule has 0 radical (unpaired) electrons.